The van der Waals surface area contributed by atoms with Crippen molar-refractivity contribution in [2.75, 3.05) is 18.5 Å². The van der Waals surface area contributed by atoms with Crippen LogP contribution in [0.4, 0.5) is 5.95 Å². The summed E-state index contributed by atoms with van der Waals surface area (Å²) in [7, 11) is 0. The van der Waals surface area contributed by atoms with E-state index in [9.17, 15) is 0 Å². The van der Waals surface area contributed by atoms with Crippen LogP contribution in [0.2, 0.25) is 0 Å². The molecule has 2 aliphatic rings. The van der Waals surface area contributed by atoms with Crippen molar-refractivity contribution in [1.29, 1.82) is 0 Å². The zero-order chi connectivity index (χ0) is 12.9. The molecule has 3 rings (SSSR count). The second-order valence-electron chi connectivity index (χ2n) is 5.66. The molecule has 4 nitrogen and oxygen atoms in total. The SMILES string of the molecule is c1cc(C2CCCC2)nc(NC[C@@H]2CCCCO2)n1. The molecule has 0 spiro atoms. The third-order valence-electron chi connectivity index (χ3n) is 4.21. The first kappa shape index (κ1) is 12.9. The molecule has 4 heteroatoms. The van der Waals surface area contributed by atoms with E-state index in [1.54, 1.807) is 0 Å². The van der Waals surface area contributed by atoms with Crippen LogP contribution in [0, 0.1) is 0 Å². The van der Waals surface area contributed by atoms with Gasteiger partial charge in [0.15, 0.2) is 0 Å². The Bertz CT molecular complexity index is 398. The number of rotatable bonds is 4. The predicted molar refractivity (Wildman–Crippen MR) is 75.3 cm³/mol. The van der Waals surface area contributed by atoms with Crippen LogP contribution >= 0.6 is 0 Å². The van der Waals surface area contributed by atoms with Crippen molar-refractivity contribution in [3.8, 4) is 0 Å². The average Bonchev–Trinajstić information content (AvgIpc) is 3.01. The van der Waals surface area contributed by atoms with E-state index in [0.717, 1.165) is 25.5 Å². The van der Waals surface area contributed by atoms with Crippen molar-refractivity contribution in [3.63, 3.8) is 0 Å². The fourth-order valence-electron chi connectivity index (χ4n) is 3.08. The van der Waals surface area contributed by atoms with Crippen LogP contribution in [0.3, 0.4) is 0 Å². The minimum atomic E-state index is 0.326. The van der Waals surface area contributed by atoms with E-state index in [2.05, 4.69) is 21.4 Å². The average molecular weight is 261 g/mol. The van der Waals surface area contributed by atoms with Crippen LogP contribution < -0.4 is 5.32 Å². The zero-order valence-corrected chi connectivity index (χ0v) is 11.5. The summed E-state index contributed by atoms with van der Waals surface area (Å²) in [5.41, 5.74) is 1.21. The maximum Gasteiger partial charge on any atom is 0.222 e. The van der Waals surface area contributed by atoms with E-state index in [1.165, 1.54) is 44.2 Å². The van der Waals surface area contributed by atoms with E-state index in [1.807, 2.05) is 6.20 Å². The molecule has 2 heterocycles. The molecule has 0 bridgehead atoms. The molecule has 2 fully saturated rings. The van der Waals surface area contributed by atoms with E-state index < -0.39 is 0 Å². The lowest BCUT2D eigenvalue weighted by molar-refractivity contribution is 0.0246. The van der Waals surface area contributed by atoms with Crippen molar-refractivity contribution in [3.05, 3.63) is 18.0 Å². The van der Waals surface area contributed by atoms with Gasteiger partial charge in [0.25, 0.3) is 0 Å². The maximum absolute atomic E-state index is 5.71. The van der Waals surface area contributed by atoms with Gasteiger partial charge in [0, 0.05) is 31.0 Å². The lowest BCUT2D eigenvalue weighted by Gasteiger charge is -2.22. The van der Waals surface area contributed by atoms with Crippen molar-refractivity contribution < 1.29 is 4.74 Å². The van der Waals surface area contributed by atoms with Gasteiger partial charge in [-0.25, -0.2) is 9.97 Å². The minimum Gasteiger partial charge on any atom is -0.376 e. The first-order chi connectivity index (χ1) is 9.42. The monoisotopic (exact) mass is 261 g/mol. The zero-order valence-electron chi connectivity index (χ0n) is 11.5. The summed E-state index contributed by atoms with van der Waals surface area (Å²) in [6, 6.07) is 2.07. The Kier molecular flexibility index (Phi) is 4.28. The first-order valence-electron chi connectivity index (χ1n) is 7.60. The standard InChI is InChI=1S/C15H23N3O/c1-2-6-12(5-1)14-8-9-16-15(18-14)17-11-13-7-3-4-10-19-13/h8-9,12-13H,1-7,10-11H2,(H,16,17,18)/t13-/m0/s1. The predicted octanol–water partition coefficient (Wildman–Crippen LogP) is 3.12. The highest BCUT2D eigenvalue weighted by Crippen LogP contribution is 2.32. The van der Waals surface area contributed by atoms with Crippen LogP contribution in [0.5, 0.6) is 0 Å². The molecule has 104 valence electrons. The highest BCUT2D eigenvalue weighted by atomic mass is 16.5. The second-order valence-corrected chi connectivity index (χ2v) is 5.66. The minimum absolute atomic E-state index is 0.326. The molecule has 1 N–H and O–H groups in total. The largest absolute Gasteiger partial charge is 0.376 e. The highest BCUT2D eigenvalue weighted by molar-refractivity contribution is 5.26. The number of nitrogens with one attached hydrogen (secondary N) is 1. The molecule has 1 aliphatic carbocycles. The molecule has 1 aliphatic heterocycles. The normalized spacial score (nSPS) is 24.5. The number of nitrogens with zero attached hydrogens (tertiary/aromatic N) is 2. The maximum atomic E-state index is 5.71. The Hall–Kier alpha value is -1.16. The fourth-order valence-corrected chi connectivity index (χ4v) is 3.08. The van der Waals surface area contributed by atoms with Crippen molar-refractivity contribution in [1.82, 2.24) is 9.97 Å². The van der Waals surface area contributed by atoms with E-state index in [-0.39, 0.29) is 0 Å². The number of hydrogen-bond donors (Lipinski definition) is 1. The van der Waals surface area contributed by atoms with Gasteiger partial charge in [-0.15, -0.1) is 0 Å². The summed E-state index contributed by atoms with van der Waals surface area (Å²) in [4.78, 5) is 8.98. The van der Waals surface area contributed by atoms with Crippen molar-refractivity contribution >= 4 is 5.95 Å². The molecule has 0 unspecified atom stereocenters. The summed E-state index contributed by atoms with van der Waals surface area (Å²) in [6.45, 7) is 1.73. The molecule has 1 aromatic heterocycles. The van der Waals surface area contributed by atoms with Crippen LogP contribution in [0.25, 0.3) is 0 Å². The van der Waals surface area contributed by atoms with Crippen molar-refractivity contribution in [2.24, 2.45) is 0 Å². The summed E-state index contributed by atoms with van der Waals surface area (Å²) >= 11 is 0. The van der Waals surface area contributed by atoms with Crippen LogP contribution in [-0.2, 0) is 4.74 Å². The third-order valence-corrected chi connectivity index (χ3v) is 4.21. The molecule has 1 atom stereocenters. The summed E-state index contributed by atoms with van der Waals surface area (Å²) in [6.07, 6.45) is 11.1. The van der Waals surface area contributed by atoms with Crippen LogP contribution in [0.1, 0.15) is 56.6 Å². The smallest absolute Gasteiger partial charge is 0.222 e. The van der Waals surface area contributed by atoms with E-state index in [4.69, 9.17) is 4.74 Å². The number of ether oxygens (including phenoxy) is 1. The van der Waals surface area contributed by atoms with E-state index in [0.29, 0.717) is 12.0 Å². The molecule has 0 aromatic carbocycles. The molecule has 1 aromatic rings. The van der Waals surface area contributed by atoms with Gasteiger partial charge >= 0.3 is 0 Å². The Morgan fingerprint density at radius 3 is 2.79 bits per heavy atom. The summed E-state index contributed by atoms with van der Waals surface area (Å²) in [5, 5.41) is 3.33. The first-order valence-corrected chi connectivity index (χ1v) is 7.60. The Morgan fingerprint density at radius 1 is 1.16 bits per heavy atom. The Morgan fingerprint density at radius 2 is 2.00 bits per heavy atom. The lowest BCUT2D eigenvalue weighted by Crippen LogP contribution is -2.27. The van der Waals surface area contributed by atoms with Gasteiger partial charge in [0.05, 0.1) is 6.10 Å². The van der Waals surface area contributed by atoms with Crippen LogP contribution in [-0.4, -0.2) is 29.2 Å². The van der Waals surface area contributed by atoms with Gasteiger partial charge in [-0.3, -0.25) is 0 Å². The summed E-state index contributed by atoms with van der Waals surface area (Å²) < 4.78 is 5.71. The molecule has 1 saturated carbocycles. The Balaban J connectivity index is 1.56. The molecule has 0 radical (unpaired) electrons. The fraction of sp³-hybridized carbons (Fsp3) is 0.733. The lowest BCUT2D eigenvalue weighted by atomic mass is 10.0. The van der Waals surface area contributed by atoms with Crippen molar-refractivity contribution in [2.45, 2.75) is 57.0 Å². The summed E-state index contributed by atoms with van der Waals surface area (Å²) in [5.74, 6) is 1.41. The molecule has 1 saturated heterocycles. The second kappa shape index (κ2) is 6.33. The topological polar surface area (TPSA) is 47.0 Å². The number of aromatic nitrogens is 2. The molecular weight excluding hydrogens is 238 g/mol. The van der Waals surface area contributed by atoms with Gasteiger partial charge in [0.2, 0.25) is 5.95 Å². The van der Waals surface area contributed by atoms with Gasteiger partial charge in [-0.1, -0.05) is 12.8 Å². The molecular formula is C15H23N3O. The van der Waals surface area contributed by atoms with E-state index >= 15 is 0 Å². The molecule has 19 heavy (non-hydrogen) atoms. The highest BCUT2D eigenvalue weighted by Gasteiger charge is 2.19. The number of hydrogen-bond acceptors (Lipinski definition) is 4. The third kappa shape index (κ3) is 3.44. The number of anilines is 1. The van der Waals surface area contributed by atoms with Gasteiger partial charge < -0.3 is 10.1 Å². The van der Waals surface area contributed by atoms with Gasteiger partial charge in [0.1, 0.15) is 0 Å². The van der Waals surface area contributed by atoms with Gasteiger partial charge in [-0.2, -0.15) is 0 Å². The Labute approximate surface area is 115 Å². The van der Waals surface area contributed by atoms with Gasteiger partial charge in [-0.05, 0) is 38.2 Å². The quantitative estimate of drug-likeness (QED) is 0.904. The van der Waals surface area contributed by atoms with Crippen LogP contribution in [0.15, 0.2) is 12.3 Å². The molecule has 0 amide bonds.